The lowest BCUT2D eigenvalue weighted by atomic mass is 10.0. The van der Waals surface area contributed by atoms with Gasteiger partial charge in [0.2, 0.25) is 5.91 Å². The first-order chi connectivity index (χ1) is 11.3. The number of nitrogens with two attached hydrogens (primary N) is 1. The van der Waals surface area contributed by atoms with Crippen molar-refractivity contribution in [1.82, 2.24) is 9.80 Å². The van der Waals surface area contributed by atoms with E-state index in [9.17, 15) is 14.0 Å². The van der Waals surface area contributed by atoms with Gasteiger partial charge in [0.15, 0.2) is 0 Å². The van der Waals surface area contributed by atoms with E-state index >= 15 is 0 Å². The fourth-order valence-electron chi connectivity index (χ4n) is 2.81. The van der Waals surface area contributed by atoms with E-state index < -0.39 is 11.9 Å². The van der Waals surface area contributed by atoms with Crippen LogP contribution in [0.15, 0.2) is 18.2 Å². The summed E-state index contributed by atoms with van der Waals surface area (Å²) < 4.78 is 13.9. The molecule has 0 aliphatic carbocycles. The van der Waals surface area contributed by atoms with Crippen molar-refractivity contribution < 1.29 is 14.0 Å². The van der Waals surface area contributed by atoms with Crippen molar-refractivity contribution in [2.45, 2.75) is 26.3 Å². The van der Waals surface area contributed by atoms with Crippen LogP contribution in [0.2, 0.25) is 5.02 Å². The molecule has 8 heteroatoms. The molecule has 0 unspecified atom stereocenters. The van der Waals surface area contributed by atoms with E-state index in [0.29, 0.717) is 38.5 Å². The monoisotopic (exact) mass is 391 g/mol. The molecule has 1 atom stereocenters. The van der Waals surface area contributed by atoms with Crippen molar-refractivity contribution >= 4 is 35.8 Å². The van der Waals surface area contributed by atoms with Crippen LogP contribution >= 0.6 is 24.0 Å². The Kier molecular flexibility index (Phi) is 8.12. The lowest BCUT2D eigenvalue weighted by Crippen LogP contribution is -2.54. The smallest absolute Gasteiger partial charge is 0.256 e. The Morgan fingerprint density at radius 3 is 2.28 bits per heavy atom. The summed E-state index contributed by atoms with van der Waals surface area (Å²) in [6.07, 6.45) is 0.633. The Morgan fingerprint density at radius 2 is 1.76 bits per heavy atom. The lowest BCUT2D eigenvalue weighted by Gasteiger charge is -2.36. The highest BCUT2D eigenvalue weighted by Crippen LogP contribution is 2.17. The van der Waals surface area contributed by atoms with Gasteiger partial charge in [0.25, 0.3) is 5.91 Å². The molecule has 1 aromatic carbocycles. The molecule has 0 saturated carbocycles. The van der Waals surface area contributed by atoms with E-state index in [2.05, 4.69) is 0 Å². The number of halogens is 3. The Bertz CT molecular complexity index is 620. The molecule has 0 radical (unpaired) electrons. The fourth-order valence-corrected chi connectivity index (χ4v) is 2.97. The molecular formula is C17H24Cl2FN3O2. The van der Waals surface area contributed by atoms with E-state index in [1.54, 1.807) is 9.80 Å². The summed E-state index contributed by atoms with van der Waals surface area (Å²) in [6, 6.07) is 3.49. The molecule has 1 saturated heterocycles. The van der Waals surface area contributed by atoms with Crippen LogP contribution in [0, 0.1) is 11.7 Å². The number of benzene rings is 1. The highest BCUT2D eigenvalue weighted by molar-refractivity contribution is 6.30. The minimum absolute atomic E-state index is 0. The van der Waals surface area contributed by atoms with Crippen molar-refractivity contribution in [1.29, 1.82) is 0 Å². The molecule has 1 heterocycles. The summed E-state index contributed by atoms with van der Waals surface area (Å²) in [4.78, 5) is 27.9. The van der Waals surface area contributed by atoms with Gasteiger partial charge in [0.1, 0.15) is 5.82 Å². The molecule has 0 aromatic heterocycles. The summed E-state index contributed by atoms with van der Waals surface area (Å²) in [6.45, 7) is 5.58. The second-order valence-electron chi connectivity index (χ2n) is 6.48. The summed E-state index contributed by atoms with van der Waals surface area (Å²) in [5.74, 6) is -0.763. The highest BCUT2D eigenvalue weighted by atomic mass is 35.5. The average molecular weight is 392 g/mol. The Morgan fingerprint density at radius 1 is 1.20 bits per heavy atom. The van der Waals surface area contributed by atoms with Crippen LogP contribution in [-0.2, 0) is 4.79 Å². The van der Waals surface area contributed by atoms with Gasteiger partial charge < -0.3 is 15.5 Å². The first kappa shape index (κ1) is 21.7. The zero-order chi connectivity index (χ0) is 17.9. The predicted octanol–water partition coefficient (Wildman–Crippen LogP) is 2.56. The lowest BCUT2D eigenvalue weighted by molar-refractivity contribution is -0.134. The van der Waals surface area contributed by atoms with Crippen LogP contribution in [0.5, 0.6) is 0 Å². The van der Waals surface area contributed by atoms with Gasteiger partial charge in [-0.15, -0.1) is 12.4 Å². The van der Waals surface area contributed by atoms with Crippen LogP contribution in [0.1, 0.15) is 30.6 Å². The van der Waals surface area contributed by atoms with Crippen molar-refractivity contribution in [3.05, 3.63) is 34.6 Å². The second-order valence-corrected chi connectivity index (χ2v) is 6.91. The first-order valence-electron chi connectivity index (χ1n) is 8.08. The third kappa shape index (κ3) is 5.56. The molecular weight excluding hydrogens is 368 g/mol. The molecule has 2 rings (SSSR count). The number of carbonyl (C=O) groups excluding carboxylic acids is 2. The molecule has 140 valence electrons. The van der Waals surface area contributed by atoms with Crippen LogP contribution in [0.4, 0.5) is 4.39 Å². The largest absolute Gasteiger partial charge is 0.338 e. The molecule has 1 fully saturated rings. The number of carbonyl (C=O) groups is 2. The summed E-state index contributed by atoms with van der Waals surface area (Å²) in [7, 11) is 0. The van der Waals surface area contributed by atoms with Crippen molar-refractivity contribution in [2.24, 2.45) is 11.7 Å². The van der Waals surface area contributed by atoms with Gasteiger partial charge in [-0.3, -0.25) is 9.59 Å². The van der Waals surface area contributed by atoms with Crippen LogP contribution in [-0.4, -0.2) is 53.8 Å². The number of hydrogen-bond donors (Lipinski definition) is 1. The van der Waals surface area contributed by atoms with Crippen molar-refractivity contribution in [3.8, 4) is 0 Å². The molecule has 2 amide bonds. The van der Waals surface area contributed by atoms with Gasteiger partial charge in [0.05, 0.1) is 11.6 Å². The quantitative estimate of drug-likeness (QED) is 0.857. The van der Waals surface area contributed by atoms with Crippen LogP contribution < -0.4 is 5.73 Å². The minimum Gasteiger partial charge on any atom is -0.338 e. The van der Waals surface area contributed by atoms with Gasteiger partial charge in [-0.1, -0.05) is 25.4 Å². The number of nitrogens with zero attached hydrogens (tertiary/aromatic N) is 2. The standard InChI is InChI=1S/C17H23ClFN3O2.ClH/c1-11(2)9-15(20)17(24)22-7-5-21(6-8-22)16(23)13-4-3-12(18)10-14(13)19;/h3-4,10-11,15H,5-9,20H2,1-2H3;1H/t15-;/m0./s1. The van der Waals surface area contributed by atoms with E-state index in [1.807, 2.05) is 13.8 Å². The number of hydrogen-bond acceptors (Lipinski definition) is 3. The van der Waals surface area contributed by atoms with Gasteiger partial charge >= 0.3 is 0 Å². The molecule has 1 aliphatic heterocycles. The number of rotatable bonds is 4. The van der Waals surface area contributed by atoms with Gasteiger partial charge in [0, 0.05) is 31.2 Å². The van der Waals surface area contributed by atoms with Gasteiger partial charge in [-0.05, 0) is 30.5 Å². The van der Waals surface area contributed by atoms with E-state index in [-0.39, 0.29) is 34.8 Å². The number of piperazine rings is 1. The number of amides is 2. The van der Waals surface area contributed by atoms with Crippen molar-refractivity contribution in [2.75, 3.05) is 26.2 Å². The summed E-state index contributed by atoms with van der Waals surface area (Å²) >= 11 is 5.71. The molecule has 25 heavy (non-hydrogen) atoms. The van der Waals surface area contributed by atoms with Gasteiger partial charge in [-0.25, -0.2) is 4.39 Å². The third-order valence-corrected chi connectivity index (χ3v) is 4.32. The highest BCUT2D eigenvalue weighted by Gasteiger charge is 2.28. The molecule has 1 aliphatic rings. The molecule has 0 bridgehead atoms. The normalized spacial score (nSPS) is 15.8. The summed E-state index contributed by atoms with van der Waals surface area (Å²) in [5, 5.41) is 0.249. The summed E-state index contributed by atoms with van der Waals surface area (Å²) in [5.41, 5.74) is 5.93. The molecule has 5 nitrogen and oxygen atoms in total. The van der Waals surface area contributed by atoms with Crippen molar-refractivity contribution in [3.63, 3.8) is 0 Å². The molecule has 1 aromatic rings. The van der Waals surface area contributed by atoms with E-state index in [0.717, 1.165) is 6.07 Å². The Balaban J connectivity index is 0.00000312. The second kappa shape index (κ2) is 9.36. The van der Waals surface area contributed by atoms with Gasteiger partial charge in [-0.2, -0.15) is 0 Å². The molecule has 0 spiro atoms. The third-order valence-electron chi connectivity index (χ3n) is 4.08. The zero-order valence-electron chi connectivity index (χ0n) is 14.4. The minimum atomic E-state index is -0.634. The first-order valence-corrected chi connectivity index (χ1v) is 8.46. The van der Waals surface area contributed by atoms with E-state index in [1.165, 1.54) is 12.1 Å². The van der Waals surface area contributed by atoms with Crippen LogP contribution in [0.25, 0.3) is 0 Å². The zero-order valence-corrected chi connectivity index (χ0v) is 15.9. The van der Waals surface area contributed by atoms with E-state index in [4.69, 9.17) is 17.3 Å². The SMILES string of the molecule is CC(C)C[C@H](N)C(=O)N1CCN(C(=O)c2ccc(Cl)cc2F)CC1.Cl. The Hall–Kier alpha value is -1.37. The molecule has 2 N–H and O–H groups in total. The maximum Gasteiger partial charge on any atom is 0.256 e. The maximum atomic E-state index is 13.9. The average Bonchev–Trinajstić information content (AvgIpc) is 2.53. The maximum absolute atomic E-state index is 13.9. The van der Waals surface area contributed by atoms with Crippen LogP contribution in [0.3, 0.4) is 0 Å². The predicted molar refractivity (Wildman–Crippen MR) is 98.6 cm³/mol. The Labute approximate surface area is 158 Å². The topological polar surface area (TPSA) is 66.6 Å². The fraction of sp³-hybridized carbons (Fsp3) is 0.529.